The van der Waals surface area contributed by atoms with Gasteiger partial charge in [-0.1, -0.05) is 18.2 Å². The first-order valence-corrected chi connectivity index (χ1v) is 8.07. The summed E-state index contributed by atoms with van der Waals surface area (Å²) in [4.78, 5) is 25.4. The minimum absolute atomic E-state index is 0.117. The quantitative estimate of drug-likeness (QED) is 0.926. The molecular weight excluding hydrogens is 294 g/mol. The van der Waals surface area contributed by atoms with E-state index >= 15 is 0 Å². The van der Waals surface area contributed by atoms with Crippen molar-refractivity contribution >= 4 is 17.7 Å². The van der Waals surface area contributed by atoms with Crippen molar-refractivity contribution in [3.63, 3.8) is 0 Å². The Morgan fingerprint density at radius 2 is 2.00 bits per heavy atom. The number of aliphatic carboxylic acids is 1. The van der Waals surface area contributed by atoms with E-state index in [1.807, 2.05) is 39.0 Å². The Kier molecular flexibility index (Phi) is 3.62. The number of nitrogens with zero attached hydrogens (tertiary/aromatic N) is 1. The molecule has 1 aliphatic heterocycles. The zero-order valence-corrected chi connectivity index (χ0v) is 13.9. The van der Waals surface area contributed by atoms with Gasteiger partial charge in [0.2, 0.25) is 0 Å². The molecule has 5 heteroatoms. The summed E-state index contributed by atoms with van der Waals surface area (Å²) in [6.07, 6.45) is 2.27. The summed E-state index contributed by atoms with van der Waals surface area (Å²) in [5, 5.41) is 9.22. The summed E-state index contributed by atoms with van der Waals surface area (Å²) >= 11 is 0. The Labute approximate surface area is 136 Å². The van der Waals surface area contributed by atoms with Gasteiger partial charge in [-0.3, -0.25) is 9.69 Å². The molecule has 3 rings (SSSR count). The molecule has 0 bridgehead atoms. The number of hydrogen-bond donors (Lipinski definition) is 1. The highest BCUT2D eigenvalue weighted by Gasteiger charge is 2.49. The molecule has 2 aliphatic rings. The highest BCUT2D eigenvalue weighted by molar-refractivity contribution is 5.92. The van der Waals surface area contributed by atoms with Gasteiger partial charge in [-0.15, -0.1) is 0 Å². The molecule has 0 aromatic heterocycles. The molecule has 1 heterocycles. The SMILES string of the molecule is CC(C)(C)OC(=O)N1CCc2cccc(C3(CC(=O)O)CC3)c21. The van der Waals surface area contributed by atoms with E-state index < -0.39 is 11.6 Å². The first-order chi connectivity index (χ1) is 10.7. The summed E-state index contributed by atoms with van der Waals surface area (Å²) in [5.74, 6) is -0.790. The molecule has 1 aliphatic carbocycles. The monoisotopic (exact) mass is 317 g/mol. The van der Waals surface area contributed by atoms with E-state index in [9.17, 15) is 14.7 Å². The van der Waals surface area contributed by atoms with Crippen LogP contribution in [0.25, 0.3) is 0 Å². The number of rotatable bonds is 3. The number of para-hydroxylation sites is 1. The van der Waals surface area contributed by atoms with Gasteiger partial charge >= 0.3 is 12.1 Å². The van der Waals surface area contributed by atoms with Gasteiger partial charge in [0.25, 0.3) is 0 Å². The molecule has 0 unspecified atom stereocenters. The Morgan fingerprint density at radius 1 is 1.30 bits per heavy atom. The van der Waals surface area contributed by atoms with Crippen LogP contribution in [-0.2, 0) is 21.4 Å². The van der Waals surface area contributed by atoms with Gasteiger partial charge in [-0.25, -0.2) is 4.79 Å². The number of fused-ring (bicyclic) bond motifs is 1. The van der Waals surface area contributed by atoms with Gasteiger partial charge in [0, 0.05) is 12.0 Å². The topological polar surface area (TPSA) is 66.8 Å². The number of ether oxygens (including phenoxy) is 1. The van der Waals surface area contributed by atoms with Crippen molar-refractivity contribution in [3.05, 3.63) is 29.3 Å². The fourth-order valence-electron chi connectivity index (χ4n) is 3.37. The summed E-state index contributed by atoms with van der Waals surface area (Å²) in [7, 11) is 0. The van der Waals surface area contributed by atoms with Crippen LogP contribution in [0.3, 0.4) is 0 Å². The van der Waals surface area contributed by atoms with Gasteiger partial charge in [0.15, 0.2) is 0 Å². The lowest BCUT2D eigenvalue weighted by Crippen LogP contribution is -2.36. The molecule has 1 aromatic rings. The molecular formula is C18H23NO4. The van der Waals surface area contributed by atoms with Crippen LogP contribution in [0.2, 0.25) is 0 Å². The molecule has 23 heavy (non-hydrogen) atoms. The molecule has 0 radical (unpaired) electrons. The van der Waals surface area contributed by atoms with Crippen molar-refractivity contribution in [3.8, 4) is 0 Å². The number of amides is 1. The molecule has 5 nitrogen and oxygen atoms in total. The van der Waals surface area contributed by atoms with Crippen LogP contribution in [0.15, 0.2) is 18.2 Å². The highest BCUT2D eigenvalue weighted by Crippen LogP contribution is 2.55. The van der Waals surface area contributed by atoms with Crippen LogP contribution in [-0.4, -0.2) is 29.3 Å². The number of anilines is 1. The number of benzene rings is 1. The second-order valence-corrected chi connectivity index (χ2v) is 7.55. The third-order valence-corrected chi connectivity index (χ3v) is 4.52. The minimum atomic E-state index is -0.790. The van der Waals surface area contributed by atoms with Gasteiger partial charge in [0.1, 0.15) is 5.60 Å². The first-order valence-electron chi connectivity index (χ1n) is 8.07. The Morgan fingerprint density at radius 3 is 2.57 bits per heavy atom. The zero-order valence-electron chi connectivity index (χ0n) is 13.9. The van der Waals surface area contributed by atoms with E-state index in [4.69, 9.17) is 4.74 Å². The Balaban J connectivity index is 1.96. The molecule has 0 spiro atoms. The van der Waals surface area contributed by atoms with E-state index in [0.717, 1.165) is 36.1 Å². The fourth-order valence-corrected chi connectivity index (χ4v) is 3.37. The molecule has 1 fully saturated rings. The molecule has 1 saturated carbocycles. The van der Waals surface area contributed by atoms with Gasteiger partial charge in [-0.2, -0.15) is 0 Å². The lowest BCUT2D eigenvalue weighted by molar-refractivity contribution is -0.137. The van der Waals surface area contributed by atoms with Crippen LogP contribution in [0, 0.1) is 0 Å². The summed E-state index contributed by atoms with van der Waals surface area (Å²) in [5.41, 5.74) is 2.10. The smallest absolute Gasteiger partial charge is 0.414 e. The predicted octanol–water partition coefficient (Wildman–Crippen LogP) is 3.49. The van der Waals surface area contributed by atoms with Gasteiger partial charge in [-0.05, 0) is 51.2 Å². The standard InChI is InChI=1S/C18H23NO4/c1-17(2,3)23-16(22)19-10-7-12-5-4-6-13(15(12)19)18(8-9-18)11-14(20)21/h4-6H,7-11H2,1-3H3,(H,20,21). The van der Waals surface area contributed by atoms with Crippen LogP contribution in [0.5, 0.6) is 0 Å². The van der Waals surface area contributed by atoms with Crippen molar-refractivity contribution in [2.45, 2.75) is 57.5 Å². The zero-order chi connectivity index (χ0) is 16.8. The summed E-state index contributed by atoms with van der Waals surface area (Å²) in [6, 6.07) is 5.95. The molecule has 1 aromatic carbocycles. The normalized spacial score (nSPS) is 18.5. The second-order valence-electron chi connectivity index (χ2n) is 7.55. The Bertz CT molecular complexity index is 655. The van der Waals surface area contributed by atoms with Crippen LogP contribution in [0.1, 0.15) is 51.2 Å². The van der Waals surface area contributed by atoms with Gasteiger partial charge < -0.3 is 9.84 Å². The lowest BCUT2D eigenvalue weighted by atomic mass is 9.89. The number of carboxylic acid groups (broad SMARTS) is 1. The first kappa shape index (κ1) is 15.8. The number of carbonyl (C=O) groups excluding carboxylic acids is 1. The Hall–Kier alpha value is -2.04. The van der Waals surface area contributed by atoms with Crippen molar-refractivity contribution in [1.82, 2.24) is 0 Å². The third-order valence-electron chi connectivity index (χ3n) is 4.52. The van der Waals surface area contributed by atoms with Crippen LogP contribution in [0.4, 0.5) is 10.5 Å². The fraction of sp³-hybridized carbons (Fsp3) is 0.556. The largest absolute Gasteiger partial charge is 0.481 e. The molecule has 1 amide bonds. The average molecular weight is 317 g/mol. The minimum Gasteiger partial charge on any atom is -0.481 e. The molecule has 0 atom stereocenters. The van der Waals surface area contributed by atoms with E-state index in [-0.39, 0.29) is 17.9 Å². The van der Waals surface area contributed by atoms with Crippen LogP contribution < -0.4 is 4.90 Å². The van der Waals surface area contributed by atoms with E-state index in [1.54, 1.807) is 4.90 Å². The molecule has 0 saturated heterocycles. The van der Waals surface area contributed by atoms with Crippen molar-refractivity contribution in [1.29, 1.82) is 0 Å². The van der Waals surface area contributed by atoms with Crippen molar-refractivity contribution in [2.75, 3.05) is 11.4 Å². The maximum absolute atomic E-state index is 12.5. The van der Waals surface area contributed by atoms with E-state index in [1.165, 1.54) is 0 Å². The highest BCUT2D eigenvalue weighted by atomic mass is 16.6. The molecule has 1 N–H and O–H groups in total. The molecule has 124 valence electrons. The van der Waals surface area contributed by atoms with E-state index in [0.29, 0.717) is 6.54 Å². The van der Waals surface area contributed by atoms with Crippen molar-refractivity contribution < 1.29 is 19.4 Å². The predicted molar refractivity (Wildman–Crippen MR) is 86.9 cm³/mol. The maximum Gasteiger partial charge on any atom is 0.414 e. The summed E-state index contributed by atoms with van der Waals surface area (Å²) in [6.45, 7) is 6.13. The van der Waals surface area contributed by atoms with Gasteiger partial charge in [0.05, 0.1) is 12.1 Å². The summed E-state index contributed by atoms with van der Waals surface area (Å²) < 4.78 is 5.52. The second kappa shape index (κ2) is 5.25. The third kappa shape index (κ3) is 3.05. The average Bonchev–Trinajstić information content (AvgIpc) is 3.05. The lowest BCUT2D eigenvalue weighted by Gasteiger charge is -2.27. The number of hydrogen-bond acceptors (Lipinski definition) is 3. The van der Waals surface area contributed by atoms with Crippen LogP contribution >= 0.6 is 0 Å². The maximum atomic E-state index is 12.5. The number of carboxylic acids is 1. The number of carbonyl (C=O) groups is 2. The van der Waals surface area contributed by atoms with Crippen molar-refractivity contribution in [2.24, 2.45) is 0 Å². The van der Waals surface area contributed by atoms with E-state index in [2.05, 4.69) is 0 Å².